The molecule has 70 valence electrons. The van der Waals surface area contributed by atoms with E-state index in [4.69, 9.17) is 5.11 Å². The second-order valence-electron chi connectivity index (χ2n) is 2.71. The van der Waals surface area contributed by atoms with Crippen LogP contribution in [0.2, 0.25) is 0 Å². The molecule has 0 spiro atoms. The monoisotopic (exact) mass is 190 g/mol. The molecule has 0 fully saturated rings. The summed E-state index contributed by atoms with van der Waals surface area (Å²) in [7, 11) is 0. The molecule has 0 aliphatic carbocycles. The molecule has 1 aromatic carbocycles. The number of rotatable bonds is 2. The summed E-state index contributed by atoms with van der Waals surface area (Å²) in [5.41, 5.74) is 1.01. The summed E-state index contributed by atoms with van der Waals surface area (Å²) >= 11 is 0. The molecule has 0 saturated heterocycles. The van der Waals surface area contributed by atoms with Gasteiger partial charge < -0.3 is 5.11 Å². The van der Waals surface area contributed by atoms with Crippen molar-refractivity contribution in [3.8, 4) is 0 Å². The Morgan fingerprint density at radius 1 is 1.14 bits per heavy atom. The summed E-state index contributed by atoms with van der Waals surface area (Å²) in [5.74, 6) is -0.953. The van der Waals surface area contributed by atoms with Gasteiger partial charge in [0.15, 0.2) is 0 Å². The van der Waals surface area contributed by atoms with E-state index in [1.807, 2.05) is 0 Å². The zero-order valence-electron chi connectivity index (χ0n) is 7.03. The van der Waals surface area contributed by atoms with E-state index >= 15 is 0 Å². The minimum atomic E-state index is -0.953. The van der Waals surface area contributed by atoms with Gasteiger partial charge >= 0.3 is 5.97 Å². The summed E-state index contributed by atoms with van der Waals surface area (Å²) in [5, 5.41) is 22.8. The fourth-order valence-corrected chi connectivity index (χ4v) is 1.10. The van der Waals surface area contributed by atoms with Crippen LogP contribution in [0.25, 0.3) is 0 Å². The van der Waals surface area contributed by atoms with Crippen molar-refractivity contribution in [2.75, 3.05) is 0 Å². The third-order valence-corrected chi connectivity index (χ3v) is 1.82. The van der Waals surface area contributed by atoms with Crippen LogP contribution in [0.3, 0.4) is 0 Å². The number of hydrogen-bond donors (Lipinski definition) is 1. The van der Waals surface area contributed by atoms with Crippen molar-refractivity contribution < 1.29 is 9.90 Å². The van der Waals surface area contributed by atoms with Crippen LogP contribution >= 0.6 is 0 Å². The first-order valence-corrected chi connectivity index (χ1v) is 3.90. The Bertz CT molecular complexity index is 398. The molecule has 14 heavy (non-hydrogen) atoms. The van der Waals surface area contributed by atoms with Crippen molar-refractivity contribution in [2.24, 2.45) is 20.7 Å². The van der Waals surface area contributed by atoms with Crippen LogP contribution in [-0.2, 0) is 0 Å². The van der Waals surface area contributed by atoms with Gasteiger partial charge in [-0.1, -0.05) is 12.1 Å². The minimum Gasteiger partial charge on any atom is -0.478 e. The van der Waals surface area contributed by atoms with Crippen molar-refractivity contribution >= 4 is 5.97 Å². The smallest absolute Gasteiger partial charge is 0.335 e. The lowest BCUT2D eigenvalue weighted by Gasteiger charge is -2.01. The van der Waals surface area contributed by atoms with Gasteiger partial charge in [0.05, 0.1) is 5.56 Å². The summed E-state index contributed by atoms with van der Waals surface area (Å²) < 4.78 is 0. The third kappa shape index (κ3) is 1.49. The van der Waals surface area contributed by atoms with Crippen molar-refractivity contribution in [2.45, 2.75) is 6.17 Å². The summed E-state index contributed by atoms with van der Waals surface area (Å²) in [6.07, 6.45) is -0.419. The number of hydrogen-bond acceptors (Lipinski definition) is 5. The van der Waals surface area contributed by atoms with Crippen LogP contribution in [0.4, 0.5) is 0 Å². The Balaban J connectivity index is 2.25. The summed E-state index contributed by atoms with van der Waals surface area (Å²) in [4.78, 5) is 10.5. The molecule has 0 amide bonds. The predicted molar refractivity (Wildman–Crippen MR) is 45.9 cm³/mol. The molecule has 2 rings (SSSR count). The highest BCUT2D eigenvalue weighted by Gasteiger charge is 2.12. The van der Waals surface area contributed by atoms with E-state index in [1.165, 1.54) is 12.1 Å². The predicted octanol–water partition coefficient (Wildman–Crippen LogP) is 2.22. The average molecular weight is 190 g/mol. The first-order chi connectivity index (χ1) is 6.77. The van der Waals surface area contributed by atoms with Gasteiger partial charge in [0.2, 0.25) is 6.17 Å². The highest BCUT2D eigenvalue weighted by Crippen LogP contribution is 2.23. The number of carbonyl (C=O) groups is 1. The van der Waals surface area contributed by atoms with Gasteiger partial charge in [-0.15, -0.1) is 10.2 Å². The standard InChI is InChI=1S/C8H6N4O2/c13-8(14)6-3-1-5(2-4-6)7-9-11-12-10-7/h1-4,7H,(H,13,14). The summed E-state index contributed by atoms with van der Waals surface area (Å²) in [6, 6.07) is 6.30. The van der Waals surface area contributed by atoms with Gasteiger partial charge in [0.1, 0.15) is 0 Å². The zero-order valence-corrected chi connectivity index (χ0v) is 7.03. The number of aromatic carboxylic acids is 1. The van der Waals surface area contributed by atoms with Crippen LogP contribution < -0.4 is 0 Å². The average Bonchev–Trinajstić information content (AvgIpc) is 2.71. The lowest BCUT2D eigenvalue weighted by Crippen LogP contribution is -1.96. The van der Waals surface area contributed by atoms with E-state index in [9.17, 15) is 4.79 Å². The van der Waals surface area contributed by atoms with Crippen LogP contribution in [0.15, 0.2) is 44.9 Å². The fourth-order valence-electron chi connectivity index (χ4n) is 1.10. The van der Waals surface area contributed by atoms with Crippen LogP contribution in [-0.4, -0.2) is 11.1 Å². The molecular weight excluding hydrogens is 184 g/mol. The van der Waals surface area contributed by atoms with Gasteiger partial charge in [-0.05, 0) is 22.6 Å². The highest BCUT2D eigenvalue weighted by molar-refractivity contribution is 5.87. The van der Waals surface area contributed by atoms with Crippen molar-refractivity contribution in [3.05, 3.63) is 35.4 Å². The molecule has 1 aliphatic heterocycles. The van der Waals surface area contributed by atoms with Crippen molar-refractivity contribution in [3.63, 3.8) is 0 Å². The second-order valence-corrected chi connectivity index (χ2v) is 2.71. The molecule has 0 aromatic heterocycles. The van der Waals surface area contributed by atoms with E-state index in [0.717, 1.165) is 5.56 Å². The second kappa shape index (κ2) is 3.33. The largest absolute Gasteiger partial charge is 0.478 e. The first kappa shape index (κ1) is 8.49. The van der Waals surface area contributed by atoms with E-state index in [2.05, 4.69) is 20.7 Å². The highest BCUT2D eigenvalue weighted by atomic mass is 16.4. The molecule has 1 aliphatic rings. The minimum absolute atomic E-state index is 0.237. The van der Waals surface area contributed by atoms with E-state index in [1.54, 1.807) is 12.1 Å². The molecule has 1 N–H and O–H groups in total. The Kier molecular flexibility index (Phi) is 2.02. The third-order valence-electron chi connectivity index (χ3n) is 1.82. The maximum absolute atomic E-state index is 10.5. The molecule has 0 saturated carbocycles. The maximum Gasteiger partial charge on any atom is 0.335 e. The topological polar surface area (TPSA) is 86.7 Å². The quantitative estimate of drug-likeness (QED) is 0.774. The zero-order chi connectivity index (χ0) is 9.97. The van der Waals surface area contributed by atoms with Gasteiger partial charge in [-0.25, -0.2) is 4.79 Å². The number of carboxylic acid groups (broad SMARTS) is 1. The lowest BCUT2D eigenvalue weighted by atomic mass is 10.1. The van der Waals surface area contributed by atoms with Crippen LogP contribution in [0.5, 0.6) is 0 Å². The SMILES string of the molecule is O=C(O)c1ccc(C2N=NN=N2)cc1. The molecule has 0 radical (unpaired) electrons. The van der Waals surface area contributed by atoms with E-state index in [-0.39, 0.29) is 5.56 Å². The molecule has 0 bridgehead atoms. The van der Waals surface area contributed by atoms with E-state index in [0.29, 0.717) is 0 Å². The van der Waals surface area contributed by atoms with Crippen molar-refractivity contribution in [1.29, 1.82) is 0 Å². The number of benzene rings is 1. The molecule has 6 heteroatoms. The molecule has 0 atom stereocenters. The molecule has 6 nitrogen and oxygen atoms in total. The van der Waals surface area contributed by atoms with Gasteiger partial charge in [-0.2, -0.15) is 0 Å². The number of carboxylic acids is 1. The lowest BCUT2D eigenvalue weighted by molar-refractivity contribution is 0.0697. The molecule has 1 heterocycles. The molecular formula is C8H6N4O2. The molecule has 1 aromatic rings. The van der Waals surface area contributed by atoms with Crippen LogP contribution in [0, 0.1) is 0 Å². The van der Waals surface area contributed by atoms with Gasteiger partial charge in [-0.3, -0.25) is 0 Å². The fraction of sp³-hybridized carbons (Fsp3) is 0.125. The first-order valence-electron chi connectivity index (χ1n) is 3.90. The van der Waals surface area contributed by atoms with Gasteiger partial charge in [0, 0.05) is 5.56 Å². The normalized spacial score (nSPS) is 14.9. The number of nitrogens with zero attached hydrogens (tertiary/aromatic N) is 4. The maximum atomic E-state index is 10.5. The Hall–Kier alpha value is -2.11. The Morgan fingerprint density at radius 2 is 1.71 bits per heavy atom. The Labute approximate surface area is 79.0 Å². The Morgan fingerprint density at radius 3 is 2.21 bits per heavy atom. The van der Waals surface area contributed by atoms with Crippen molar-refractivity contribution in [1.82, 2.24) is 0 Å². The van der Waals surface area contributed by atoms with Crippen LogP contribution in [0.1, 0.15) is 22.1 Å². The molecule has 0 unspecified atom stereocenters. The van der Waals surface area contributed by atoms with Gasteiger partial charge in [0.25, 0.3) is 0 Å². The summed E-state index contributed by atoms with van der Waals surface area (Å²) in [6.45, 7) is 0. The van der Waals surface area contributed by atoms with E-state index < -0.39 is 12.1 Å².